The topological polar surface area (TPSA) is 115 Å². The van der Waals surface area contributed by atoms with Gasteiger partial charge in [-0.1, -0.05) is 48.5 Å². The minimum Gasteiger partial charge on any atom is -0.321 e. The molecule has 0 spiro atoms. The SMILES string of the molecule is O=P(O)(O)c1ccc(-c2ccc(P(=O)(O)O)cc2-c2ccccc2)cc1. The highest BCUT2D eigenvalue weighted by Crippen LogP contribution is 2.39. The second kappa shape index (κ2) is 6.93. The summed E-state index contributed by atoms with van der Waals surface area (Å²) in [5, 5.41) is -0.179. The molecule has 6 nitrogen and oxygen atoms in total. The normalized spacial score (nSPS) is 12.2. The van der Waals surface area contributed by atoms with Crippen LogP contribution in [-0.4, -0.2) is 19.6 Å². The molecule has 0 radical (unpaired) electrons. The van der Waals surface area contributed by atoms with Gasteiger partial charge in [0, 0.05) is 0 Å². The van der Waals surface area contributed by atoms with E-state index in [1.165, 1.54) is 24.3 Å². The molecule has 3 aromatic carbocycles. The smallest absolute Gasteiger partial charge is 0.321 e. The third kappa shape index (κ3) is 4.02. The van der Waals surface area contributed by atoms with Crippen molar-refractivity contribution < 1.29 is 28.7 Å². The van der Waals surface area contributed by atoms with Crippen molar-refractivity contribution in [3.8, 4) is 22.3 Å². The van der Waals surface area contributed by atoms with Gasteiger partial charge in [0.15, 0.2) is 0 Å². The van der Waals surface area contributed by atoms with E-state index < -0.39 is 15.2 Å². The molecule has 0 aliphatic carbocycles. The molecule has 0 heterocycles. The molecule has 0 aliphatic heterocycles. The van der Waals surface area contributed by atoms with Crippen molar-refractivity contribution in [1.82, 2.24) is 0 Å². The van der Waals surface area contributed by atoms with Crippen molar-refractivity contribution >= 4 is 25.8 Å². The molecule has 0 aliphatic rings. The highest BCUT2D eigenvalue weighted by molar-refractivity contribution is 7.60. The first-order valence-corrected chi connectivity index (χ1v) is 10.8. The first-order chi connectivity index (χ1) is 12.2. The van der Waals surface area contributed by atoms with Crippen molar-refractivity contribution in [2.45, 2.75) is 0 Å². The number of benzene rings is 3. The van der Waals surface area contributed by atoms with Gasteiger partial charge in [-0.25, -0.2) is 0 Å². The highest BCUT2D eigenvalue weighted by atomic mass is 31.2. The molecule has 0 fully saturated rings. The first-order valence-electron chi connectivity index (χ1n) is 7.58. The zero-order chi connectivity index (χ0) is 18.9. The van der Waals surface area contributed by atoms with E-state index in [0.29, 0.717) is 16.7 Å². The summed E-state index contributed by atoms with van der Waals surface area (Å²) in [6.07, 6.45) is 0. The Bertz CT molecular complexity index is 1020. The predicted molar refractivity (Wildman–Crippen MR) is 101 cm³/mol. The monoisotopic (exact) mass is 390 g/mol. The molecule has 134 valence electrons. The Labute approximate surface area is 150 Å². The predicted octanol–water partition coefficient (Wildman–Crippen LogP) is 2.63. The fourth-order valence-corrected chi connectivity index (χ4v) is 3.76. The van der Waals surface area contributed by atoms with Crippen LogP contribution in [0.5, 0.6) is 0 Å². The molecule has 3 aromatic rings. The Kier molecular flexibility index (Phi) is 5.00. The lowest BCUT2D eigenvalue weighted by Crippen LogP contribution is -2.05. The van der Waals surface area contributed by atoms with E-state index in [9.17, 15) is 28.7 Å². The van der Waals surface area contributed by atoms with Crippen LogP contribution in [0.4, 0.5) is 0 Å². The van der Waals surface area contributed by atoms with Crippen LogP contribution in [0.3, 0.4) is 0 Å². The lowest BCUT2D eigenvalue weighted by atomic mass is 9.95. The van der Waals surface area contributed by atoms with E-state index in [1.54, 1.807) is 18.2 Å². The molecule has 4 N–H and O–H groups in total. The standard InChI is InChI=1S/C18H16O6P2/c19-25(20,21)15-8-6-14(7-9-15)17-11-10-16(26(22,23)24)12-18(17)13-4-2-1-3-5-13/h1-12H,(H2,19,20,21)(H2,22,23,24). The molecular weight excluding hydrogens is 374 g/mol. The average molecular weight is 390 g/mol. The zero-order valence-corrected chi connectivity index (χ0v) is 15.2. The third-order valence-electron chi connectivity index (χ3n) is 3.94. The van der Waals surface area contributed by atoms with Gasteiger partial charge in [0.05, 0.1) is 10.6 Å². The number of hydrogen-bond donors (Lipinski definition) is 4. The van der Waals surface area contributed by atoms with Crippen molar-refractivity contribution in [3.63, 3.8) is 0 Å². The van der Waals surface area contributed by atoms with Crippen LogP contribution >= 0.6 is 15.2 Å². The van der Waals surface area contributed by atoms with Crippen LogP contribution in [0.25, 0.3) is 22.3 Å². The second-order valence-electron chi connectivity index (χ2n) is 5.73. The Morgan fingerprint density at radius 1 is 0.538 bits per heavy atom. The summed E-state index contributed by atoms with van der Waals surface area (Å²) in [6, 6.07) is 19.4. The van der Waals surface area contributed by atoms with Crippen molar-refractivity contribution in [3.05, 3.63) is 72.8 Å². The maximum atomic E-state index is 11.6. The lowest BCUT2D eigenvalue weighted by Gasteiger charge is -2.14. The Morgan fingerprint density at radius 2 is 1.04 bits per heavy atom. The molecule has 0 unspecified atom stereocenters. The molecule has 0 atom stereocenters. The van der Waals surface area contributed by atoms with E-state index in [1.807, 2.05) is 30.3 Å². The van der Waals surface area contributed by atoms with Crippen molar-refractivity contribution in [2.24, 2.45) is 0 Å². The van der Waals surface area contributed by atoms with E-state index >= 15 is 0 Å². The molecule has 3 rings (SSSR count). The summed E-state index contributed by atoms with van der Waals surface area (Å²) in [5.74, 6) is 0. The Hall–Kier alpha value is -2.04. The van der Waals surface area contributed by atoms with Gasteiger partial charge in [0.2, 0.25) is 0 Å². The largest absolute Gasteiger partial charge is 0.356 e. The van der Waals surface area contributed by atoms with Crippen molar-refractivity contribution in [1.29, 1.82) is 0 Å². The average Bonchev–Trinajstić information content (AvgIpc) is 2.60. The van der Waals surface area contributed by atoms with E-state index in [0.717, 1.165) is 5.56 Å². The van der Waals surface area contributed by atoms with Gasteiger partial charge >= 0.3 is 15.2 Å². The summed E-state index contributed by atoms with van der Waals surface area (Å²) in [4.78, 5) is 37.4. The summed E-state index contributed by atoms with van der Waals surface area (Å²) < 4.78 is 23.0. The summed E-state index contributed by atoms with van der Waals surface area (Å²) in [5.41, 5.74) is 2.77. The number of hydrogen-bond acceptors (Lipinski definition) is 2. The Balaban J connectivity index is 2.18. The first kappa shape index (κ1) is 18.7. The third-order valence-corrected chi connectivity index (χ3v) is 5.86. The van der Waals surface area contributed by atoms with Gasteiger partial charge in [0.1, 0.15) is 0 Å². The van der Waals surface area contributed by atoms with E-state index in [2.05, 4.69) is 0 Å². The Morgan fingerprint density at radius 3 is 1.58 bits per heavy atom. The van der Waals surface area contributed by atoms with Gasteiger partial charge < -0.3 is 19.6 Å². The molecule has 0 saturated heterocycles. The fraction of sp³-hybridized carbons (Fsp3) is 0. The molecule has 0 bridgehead atoms. The summed E-state index contributed by atoms with van der Waals surface area (Å²) in [6.45, 7) is 0. The summed E-state index contributed by atoms with van der Waals surface area (Å²) >= 11 is 0. The van der Waals surface area contributed by atoms with Crippen LogP contribution in [0, 0.1) is 0 Å². The minimum atomic E-state index is -4.41. The van der Waals surface area contributed by atoms with Gasteiger partial charge in [-0.3, -0.25) is 9.13 Å². The molecule has 8 heteroatoms. The van der Waals surface area contributed by atoms with Crippen LogP contribution in [0.1, 0.15) is 0 Å². The van der Waals surface area contributed by atoms with Crippen LogP contribution in [-0.2, 0) is 9.13 Å². The quantitative estimate of drug-likeness (QED) is 0.509. The number of rotatable bonds is 4. The van der Waals surface area contributed by atoms with Gasteiger partial charge in [-0.05, 0) is 46.5 Å². The van der Waals surface area contributed by atoms with Gasteiger partial charge in [0.25, 0.3) is 0 Å². The van der Waals surface area contributed by atoms with Gasteiger partial charge in [-0.15, -0.1) is 0 Å². The molecular formula is C18H16O6P2. The summed E-state index contributed by atoms with van der Waals surface area (Å²) in [7, 11) is -8.74. The van der Waals surface area contributed by atoms with Gasteiger partial charge in [-0.2, -0.15) is 0 Å². The maximum Gasteiger partial charge on any atom is 0.356 e. The maximum absolute atomic E-state index is 11.6. The minimum absolute atomic E-state index is 0.0886. The molecule has 0 amide bonds. The van der Waals surface area contributed by atoms with Crippen LogP contribution in [0.15, 0.2) is 72.8 Å². The fourth-order valence-electron chi connectivity index (χ4n) is 2.66. The van der Waals surface area contributed by atoms with Crippen LogP contribution in [0.2, 0.25) is 0 Å². The molecule has 26 heavy (non-hydrogen) atoms. The highest BCUT2D eigenvalue weighted by Gasteiger charge is 2.20. The van der Waals surface area contributed by atoms with Crippen molar-refractivity contribution in [2.75, 3.05) is 0 Å². The second-order valence-corrected chi connectivity index (χ2v) is 8.94. The zero-order valence-electron chi connectivity index (χ0n) is 13.4. The van der Waals surface area contributed by atoms with E-state index in [-0.39, 0.29) is 10.6 Å². The lowest BCUT2D eigenvalue weighted by molar-refractivity contribution is 0.385. The van der Waals surface area contributed by atoms with Crippen LogP contribution < -0.4 is 10.6 Å². The molecule has 0 saturated carbocycles. The molecule has 0 aromatic heterocycles. The van der Waals surface area contributed by atoms with E-state index in [4.69, 9.17) is 0 Å².